The fourth-order valence-corrected chi connectivity index (χ4v) is 0.681. The van der Waals surface area contributed by atoms with Crippen molar-refractivity contribution in [1.82, 2.24) is 9.97 Å². The Morgan fingerprint density at radius 3 is 2.57 bits per heavy atom. The van der Waals surface area contributed by atoms with E-state index in [9.17, 15) is 18.0 Å². The third-order valence-electron chi connectivity index (χ3n) is 1.15. The van der Waals surface area contributed by atoms with Gasteiger partial charge in [-0.25, -0.2) is 4.98 Å². The van der Waals surface area contributed by atoms with Crippen LogP contribution in [0.1, 0.15) is 12.6 Å². The summed E-state index contributed by atoms with van der Waals surface area (Å²) >= 11 is 0. The van der Waals surface area contributed by atoms with E-state index in [1.165, 1.54) is 0 Å². The van der Waals surface area contributed by atoms with Crippen LogP contribution in [-0.4, -0.2) is 15.9 Å². The lowest BCUT2D eigenvalue weighted by atomic mass is 10.4. The highest BCUT2D eigenvalue weighted by Gasteiger charge is 2.33. The van der Waals surface area contributed by atoms with E-state index in [0.29, 0.717) is 6.20 Å². The van der Waals surface area contributed by atoms with Crippen LogP contribution in [0.5, 0.6) is 5.88 Å². The molecule has 1 rings (SSSR count). The summed E-state index contributed by atoms with van der Waals surface area (Å²) in [5, 5.41) is 0. The van der Waals surface area contributed by atoms with Gasteiger partial charge in [0.15, 0.2) is 5.69 Å². The van der Waals surface area contributed by atoms with Crippen molar-refractivity contribution in [2.24, 2.45) is 0 Å². The summed E-state index contributed by atoms with van der Waals surface area (Å²) in [6.07, 6.45) is -3.12. The van der Waals surface area contributed by atoms with E-state index >= 15 is 0 Å². The molecule has 4 nitrogen and oxygen atoms in total. The van der Waals surface area contributed by atoms with Gasteiger partial charge in [0.05, 0.1) is 12.4 Å². The maximum atomic E-state index is 12.1. The first-order valence-electron chi connectivity index (χ1n) is 3.47. The maximum Gasteiger partial charge on any atom is 0.435 e. The maximum absolute atomic E-state index is 12.1. The molecule has 0 amide bonds. The van der Waals surface area contributed by atoms with Crippen LogP contribution in [0.2, 0.25) is 0 Å². The quantitative estimate of drug-likeness (QED) is 0.652. The molecule has 7 heteroatoms. The van der Waals surface area contributed by atoms with Gasteiger partial charge in [-0.15, -0.1) is 0 Å². The van der Waals surface area contributed by atoms with Crippen LogP contribution < -0.4 is 4.74 Å². The second-order valence-electron chi connectivity index (χ2n) is 2.33. The van der Waals surface area contributed by atoms with Crippen molar-refractivity contribution in [3.63, 3.8) is 0 Å². The summed E-state index contributed by atoms with van der Waals surface area (Å²) in [7, 11) is 0. The van der Waals surface area contributed by atoms with E-state index in [2.05, 4.69) is 14.7 Å². The standard InChI is InChI=1S/C7H5F3N2O2/c1-4(13)14-6-3-11-2-5(12-6)7(8,9)10/h2-3H,1H3. The number of carbonyl (C=O) groups is 1. The van der Waals surface area contributed by atoms with Crippen molar-refractivity contribution in [2.75, 3.05) is 0 Å². The first-order chi connectivity index (χ1) is 6.39. The average Bonchev–Trinajstić information content (AvgIpc) is 2.01. The minimum Gasteiger partial charge on any atom is -0.406 e. The van der Waals surface area contributed by atoms with Gasteiger partial charge in [-0.05, 0) is 0 Å². The zero-order chi connectivity index (χ0) is 10.8. The van der Waals surface area contributed by atoms with E-state index in [1.54, 1.807) is 0 Å². The third kappa shape index (κ3) is 2.68. The number of rotatable bonds is 1. The summed E-state index contributed by atoms with van der Waals surface area (Å²) in [6, 6.07) is 0. The van der Waals surface area contributed by atoms with Crippen molar-refractivity contribution in [3.8, 4) is 5.88 Å². The Morgan fingerprint density at radius 2 is 2.07 bits per heavy atom. The molecule has 0 bridgehead atoms. The molecule has 0 aliphatic rings. The fourth-order valence-electron chi connectivity index (χ4n) is 0.681. The Kier molecular flexibility index (Phi) is 2.68. The highest BCUT2D eigenvalue weighted by atomic mass is 19.4. The summed E-state index contributed by atoms with van der Waals surface area (Å²) in [5.41, 5.74) is -1.20. The monoisotopic (exact) mass is 206 g/mol. The highest BCUT2D eigenvalue weighted by Crippen LogP contribution is 2.27. The number of halogens is 3. The largest absolute Gasteiger partial charge is 0.435 e. The molecule has 76 valence electrons. The Hall–Kier alpha value is -1.66. The molecule has 0 N–H and O–H groups in total. The van der Waals surface area contributed by atoms with Gasteiger partial charge in [-0.3, -0.25) is 9.78 Å². The van der Waals surface area contributed by atoms with E-state index < -0.39 is 23.7 Å². The zero-order valence-electron chi connectivity index (χ0n) is 7.00. The molecule has 0 unspecified atom stereocenters. The Bertz CT molecular complexity index is 351. The lowest BCUT2D eigenvalue weighted by Gasteiger charge is -2.05. The average molecular weight is 206 g/mol. The van der Waals surface area contributed by atoms with Gasteiger partial charge in [-0.1, -0.05) is 0 Å². The normalized spacial score (nSPS) is 11.1. The Balaban J connectivity index is 2.95. The molecule has 0 aliphatic carbocycles. The second kappa shape index (κ2) is 3.60. The van der Waals surface area contributed by atoms with Crippen LogP contribution >= 0.6 is 0 Å². The molecule has 1 heterocycles. The molecular formula is C7H5F3N2O2. The molecule has 0 aliphatic heterocycles. The number of esters is 1. The summed E-state index contributed by atoms with van der Waals surface area (Å²) in [4.78, 5) is 16.7. The van der Waals surface area contributed by atoms with Crippen LogP contribution in [0.4, 0.5) is 13.2 Å². The third-order valence-corrected chi connectivity index (χ3v) is 1.15. The van der Waals surface area contributed by atoms with Crippen molar-refractivity contribution < 1.29 is 22.7 Å². The molecule has 0 fully saturated rings. The van der Waals surface area contributed by atoms with E-state index in [-0.39, 0.29) is 0 Å². The molecule has 0 saturated heterocycles. The molecule has 14 heavy (non-hydrogen) atoms. The first kappa shape index (κ1) is 10.4. The van der Waals surface area contributed by atoms with Gasteiger partial charge in [-0.2, -0.15) is 13.2 Å². The van der Waals surface area contributed by atoms with Gasteiger partial charge in [0.25, 0.3) is 0 Å². The number of nitrogens with zero attached hydrogens (tertiary/aromatic N) is 2. The highest BCUT2D eigenvalue weighted by molar-refractivity contribution is 5.68. The van der Waals surface area contributed by atoms with Gasteiger partial charge in [0.2, 0.25) is 5.88 Å². The molecule has 0 saturated carbocycles. The van der Waals surface area contributed by atoms with Crippen LogP contribution in [0, 0.1) is 0 Å². The number of aromatic nitrogens is 2. The molecule has 0 radical (unpaired) electrons. The van der Waals surface area contributed by atoms with Gasteiger partial charge in [0.1, 0.15) is 0 Å². The number of hydrogen-bond acceptors (Lipinski definition) is 4. The van der Waals surface area contributed by atoms with Gasteiger partial charge >= 0.3 is 12.1 Å². The number of carbonyl (C=O) groups excluding carboxylic acids is 1. The minimum absolute atomic E-state index is 0.465. The molecular weight excluding hydrogens is 201 g/mol. The van der Waals surface area contributed by atoms with Crippen LogP contribution in [0.3, 0.4) is 0 Å². The number of alkyl halides is 3. The fraction of sp³-hybridized carbons (Fsp3) is 0.286. The SMILES string of the molecule is CC(=O)Oc1cncc(C(F)(F)F)n1. The lowest BCUT2D eigenvalue weighted by molar-refractivity contribution is -0.142. The predicted octanol–water partition coefficient (Wildman–Crippen LogP) is 1.42. The van der Waals surface area contributed by atoms with Crippen molar-refractivity contribution in [2.45, 2.75) is 13.1 Å². The molecule has 0 aromatic carbocycles. The lowest BCUT2D eigenvalue weighted by Crippen LogP contribution is -2.11. The smallest absolute Gasteiger partial charge is 0.406 e. The van der Waals surface area contributed by atoms with Gasteiger partial charge in [0, 0.05) is 6.92 Å². The van der Waals surface area contributed by atoms with Crippen LogP contribution in [0.15, 0.2) is 12.4 Å². The van der Waals surface area contributed by atoms with Crippen molar-refractivity contribution >= 4 is 5.97 Å². The molecule has 1 aromatic heterocycles. The molecule has 0 spiro atoms. The van der Waals surface area contributed by atoms with E-state index in [0.717, 1.165) is 13.1 Å². The summed E-state index contributed by atoms with van der Waals surface area (Å²) < 4.78 is 40.5. The molecule has 1 aromatic rings. The predicted molar refractivity (Wildman–Crippen MR) is 38.3 cm³/mol. The number of ether oxygens (including phenoxy) is 1. The summed E-state index contributed by atoms with van der Waals surface area (Å²) in [5.74, 6) is -1.22. The van der Waals surface area contributed by atoms with Crippen LogP contribution in [0.25, 0.3) is 0 Å². The Morgan fingerprint density at radius 1 is 1.43 bits per heavy atom. The Labute approximate surface area is 76.7 Å². The summed E-state index contributed by atoms with van der Waals surface area (Å²) in [6.45, 7) is 1.06. The van der Waals surface area contributed by atoms with Crippen molar-refractivity contribution in [1.29, 1.82) is 0 Å². The minimum atomic E-state index is -4.59. The van der Waals surface area contributed by atoms with Gasteiger partial charge < -0.3 is 4.74 Å². The van der Waals surface area contributed by atoms with Crippen molar-refractivity contribution in [3.05, 3.63) is 18.1 Å². The topological polar surface area (TPSA) is 52.1 Å². The van der Waals surface area contributed by atoms with E-state index in [4.69, 9.17) is 0 Å². The van der Waals surface area contributed by atoms with Crippen LogP contribution in [-0.2, 0) is 11.0 Å². The zero-order valence-corrected chi connectivity index (χ0v) is 7.00. The first-order valence-corrected chi connectivity index (χ1v) is 3.47. The second-order valence-corrected chi connectivity index (χ2v) is 2.33. The number of hydrogen-bond donors (Lipinski definition) is 0. The molecule has 0 atom stereocenters. The van der Waals surface area contributed by atoms with E-state index in [1.807, 2.05) is 0 Å².